The number of hydrogen-bond donors (Lipinski definition) is 1. The van der Waals surface area contributed by atoms with Crippen LogP contribution < -0.4 is 19.1 Å². The molecule has 1 fully saturated rings. The fourth-order valence-electron chi connectivity index (χ4n) is 4.17. The van der Waals surface area contributed by atoms with Gasteiger partial charge in [-0.2, -0.15) is 13.2 Å². The molecule has 10 heteroatoms. The third-order valence-electron chi connectivity index (χ3n) is 5.98. The zero-order valence-corrected chi connectivity index (χ0v) is 20.0. The number of carbonyl (C=O) groups is 2. The normalized spacial score (nSPS) is 17.1. The lowest BCUT2D eigenvalue weighted by molar-refractivity contribution is -0.137. The fraction of sp³-hybridized carbons (Fsp3) is 0.185. The molecule has 1 aliphatic rings. The highest BCUT2D eigenvalue weighted by Crippen LogP contribution is 2.45. The molecule has 0 aromatic heterocycles. The van der Waals surface area contributed by atoms with Gasteiger partial charge in [-0.05, 0) is 60.2 Å². The van der Waals surface area contributed by atoms with Crippen molar-refractivity contribution < 1.29 is 42.1 Å². The summed E-state index contributed by atoms with van der Waals surface area (Å²) in [6.07, 6.45) is -4.68. The number of carbonyl (C=O) groups excluding carboxylic acids is 2. The van der Waals surface area contributed by atoms with Crippen molar-refractivity contribution in [3.05, 3.63) is 89.0 Å². The van der Waals surface area contributed by atoms with Crippen LogP contribution >= 0.6 is 0 Å². The van der Waals surface area contributed by atoms with Crippen molar-refractivity contribution in [2.24, 2.45) is 0 Å². The van der Waals surface area contributed by atoms with Gasteiger partial charge in [0.15, 0.2) is 11.5 Å². The topological polar surface area (TPSA) is 85.3 Å². The van der Waals surface area contributed by atoms with Crippen LogP contribution in [0.2, 0.25) is 0 Å². The Bertz CT molecular complexity index is 1380. The summed E-state index contributed by atoms with van der Waals surface area (Å²) in [5, 5.41) is 11.2. The van der Waals surface area contributed by atoms with Gasteiger partial charge in [0.05, 0.1) is 38.5 Å². The molecular formula is C27H22F3NO6. The lowest BCUT2D eigenvalue weighted by Crippen LogP contribution is -2.29. The molecule has 0 saturated carbocycles. The largest absolute Gasteiger partial charge is 0.507 e. The minimum Gasteiger partial charge on any atom is -0.507 e. The van der Waals surface area contributed by atoms with Gasteiger partial charge in [0.2, 0.25) is 0 Å². The molecule has 3 aromatic rings. The lowest BCUT2D eigenvalue weighted by atomic mass is 9.94. The van der Waals surface area contributed by atoms with Gasteiger partial charge in [-0.15, -0.1) is 0 Å². The van der Waals surface area contributed by atoms with E-state index in [0.717, 1.165) is 23.1 Å². The number of aliphatic hydroxyl groups is 1. The number of Topliss-reactive ketones (excluding diaryl/α,β-unsaturated/α-hetero) is 1. The van der Waals surface area contributed by atoms with E-state index in [9.17, 15) is 27.9 Å². The molecule has 7 nitrogen and oxygen atoms in total. The third kappa shape index (κ3) is 4.69. The zero-order chi connectivity index (χ0) is 26.9. The Labute approximate surface area is 210 Å². The summed E-state index contributed by atoms with van der Waals surface area (Å²) < 4.78 is 56.1. The summed E-state index contributed by atoms with van der Waals surface area (Å²) in [6, 6.07) is 13.5. The number of ketones is 1. The number of nitrogens with zero attached hydrogens (tertiary/aromatic N) is 1. The van der Waals surface area contributed by atoms with Crippen molar-refractivity contribution in [3.63, 3.8) is 0 Å². The minimum atomic E-state index is -4.68. The highest BCUT2D eigenvalue weighted by molar-refractivity contribution is 6.51. The highest BCUT2D eigenvalue weighted by Gasteiger charge is 2.47. The van der Waals surface area contributed by atoms with Gasteiger partial charge >= 0.3 is 6.18 Å². The van der Waals surface area contributed by atoms with Gasteiger partial charge in [-0.3, -0.25) is 14.5 Å². The van der Waals surface area contributed by atoms with Crippen molar-refractivity contribution in [1.82, 2.24) is 0 Å². The van der Waals surface area contributed by atoms with Gasteiger partial charge in [0.1, 0.15) is 11.5 Å². The molecule has 4 rings (SSSR count). The summed E-state index contributed by atoms with van der Waals surface area (Å²) in [5.74, 6) is -1.51. The number of rotatable bonds is 6. The number of benzene rings is 3. The molecule has 37 heavy (non-hydrogen) atoms. The van der Waals surface area contributed by atoms with Crippen LogP contribution in [0, 0.1) is 0 Å². The Morgan fingerprint density at radius 1 is 0.865 bits per heavy atom. The number of ether oxygens (including phenoxy) is 3. The molecule has 0 radical (unpaired) electrons. The third-order valence-corrected chi connectivity index (χ3v) is 5.98. The second-order valence-corrected chi connectivity index (χ2v) is 8.06. The summed E-state index contributed by atoms with van der Waals surface area (Å²) in [4.78, 5) is 27.4. The van der Waals surface area contributed by atoms with E-state index in [1.54, 1.807) is 18.2 Å². The molecule has 0 unspecified atom stereocenters. The molecule has 1 N–H and O–H groups in total. The van der Waals surface area contributed by atoms with E-state index >= 15 is 0 Å². The van der Waals surface area contributed by atoms with Crippen LogP contribution in [0.25, 0.3) is 5.76 Å². The van der Waals surface area contributed by atoms with Crippen molar-refractivity contribution in [2.75, 3.05) is 26.2 Å². The monoisotopic (exact) mass is 513 g/mol. The standard InChI is InChI=1S/C27H22F3NO6/c1-35-19-10-7-15(8-11-19)24(32)22-23(16-9-12-20(36-2)21(13-16)37-3)31(26(34)25(22)33)18-6-4-5-17(14-18)27(28,29)30/h4-14,23,32H,1-3H3/b24-22+/t23-/m0/s1. The molecular weight excluding hydrogens is 491 g/mol. The Balaban J connectivity index is 1.96. The molecule has 0 spiro atoms. The van der Waals surface area contributed by atoms with Gasteiger partial charge in [-0.25, -0.2) is 0 Å². The maximum Gasteiger partial charge on any atom is 0.416 e. The predicted octanol–water partition coefficient (Wildman–Crippen LogP) is 5.36. The molecule has 0 aliphatic carbocycles. The van der Waals surface area contributed by atoms with E-state index in [0.29, 0.717) is 17.1 Å². The van der Waals surface area contributed by atoms with E-state index in [-0.39, 0.29) is 22.6 Å². The Morgan fingerprint density at radius 3 is 2.14 bits per heavy atom. The number of halogens is 3. The molecule has 1 atom stereocenters. The number of alkyl halides is 3. The molecule has 192 valence electrons. The Hall–Kier alpha value is -4.47. The second kappa shape index (κ2) is 9.88. The first kappa shape index (κ1) is 25.6. The Kier molecular flexibility index (Phi) is 6.84. The molecule has 1 heterocycles. The lowest BCUT2D eigenvalue weighted by Gasteiger charge is -2.26. The smallest absolute Gasteiger partial charge is 0.416 e. The van der Waals surface area contributed by atoms with Crippen molar-refractivity contribution >= 4 is 23.1 Å². The summed E-state index contributed by atoms with van der Waals surface area (Å²) in [5.41, 5.74) is -0.920. The van der Waals surface area contributed by atoms with Crippen molar-refractivity contribution in [3.8, 4) is 17.2 Å². The maximum atomic E-state index is 13.5. The highest BCUT2D eigenvalue weighted by atomic mass is 19.4. The molecule has 0 bridgehead atoms. The van der Waals surface area contributed by atoms with E-state index in [1.165, 1.54) is 51.7 Å². The van der Waals surface area contributed by atoms with Gasteiger partial charge in [0.25, 0.3) is 11.7 Å². The molecule has 1 aliphatic heterocycles. The fourth-order valence-corrected chi connectivity index (χ4v) is 4.17. The minimum absolute atomic E-state index is 0.162. The van der Waals surface area contributed by atoms with Crippen LogP contribution in [0.15, 0.2) is 72.3 Å². The molecule has 1 amide bonds. The van der Waals surface area contributed by atoms with Crippen molar-refractivity contribution in [2.45, 2.75) is 12.2 Å². The maximum absolute atomic E-state index is 13.5. The molecule has 1 saturated heterocycles. The summed E-state index contributed by atoms with van der Waals surface area (Å²) in [6.45, 7) is 0. The van der Waals surface area contributed by atoms with Gasteiger partial charge in [0, 0.05) is 11.3 Å². The van der Waals surface area contributed by atoms with Gasteiger partial charge < -0.3 is 19.3 Å². The van der Waals surface area contributed by atoms with Crippen LogP contribution in [-0.4, -0.2) is 38.1 Å². The van der Waals surface area contributed by atoms with Crippen LogP contribution in [0.5, 0.6) is 17.2 Å². The number of hydrogen-bond acceptors (Lipinski definition) is 6. The van der Waals surface area contributed by atoms with E-state index < -0.39 is 35.2 Å². The number of methoxy groups -OCH3 is 3. The SMILES string of the molecule is COc1ccc(/C(O)=C2\C(=O)C(=O)N(c3cccc(C(F)(F)F)c3)[C@H]2c2ccc(OC)c(OC)c2)cc1. The van der Waals surface area contributed by atoms with Crippen LogP contribution in [0.4, 0.5) is 18.9 Å². The van der Waals surface area contributed by atoms with E-state index in [1.807, 2.05) is 0 Å². The van der Waals surface area contributed by atoms with Crippen LogP contribution in [0.1, 0.15) is 22.7 Å². The average molecular weight is 513 g/mol. The van der Waals surface area contributed by atoms with E-state index in [4.69, 9.17) is 14.2 Å². The van der Waals surface area contributed by atoms with E-state index in [2.05, 4.69) is 0 Å². The van der Waals surface area contributed by atoms with Crippen LogP contribution in [-0.2, 0) is 15.8 Å². The van der Waals surface area contributed by atoms with Gasteiger partial charge in [-0.1, -0.05) is 12.1 Å². The second-order valence-electron chi connectivity index (χ2n) is 8.06. The first-order chi connectivity index (χ1) is 17.6. The van der Waals surface area contributed by atoms with Crippen LogP contribution in [0.3, 0.4) is 0 Å². The number of anilines is 1. The average Bonchev–Trinajstić information content (AvgIpc) is 3.17. The first-order valence-corrected chi connectivity index (χ1v) is 10.9. The number of amides is 1. The number of aliphatic hydroxyl groups excluding tert-OH is 1. The zero-order valence-electron chi connectivity index (χ0n) is 20.0. The molecule has 3 aromatic carbocycles. The summed E-state index contributed by atoms with van der Waals surface area (Å²) >= 11 is 0. The van der Waals surface area contributed by atoms with Crippen molar-refractivity contribution in [1.29, 1.82) is 0 Å². The summed E-state index contributed by atoms with van der Waals surface area (Å²) in [7, 11) is 4.28. The predicted molar refractivity (Wildman–Crippen MR) is 129 cm³/mol. The quantitative estimate of drug-likeness (QED) is 0.272. The first-order valence-electron chi connectivity index (χ1n) is 10.9. The Morgan fingerprint density at radius 2 is 1.54 bits per heavy atom.